The van der Waals surface area contributed by atoms with Gasteiger partial charge in [0.05, 0.1) is 4.83 Å². The van der Waals surface area contributed by atoms with Crippen LogP contribution in [-0.4, -0.2) is 0 Å². The van der Waals surface area contributed by atoms with Crippen LogP contribution >= 0.6 is 27.5 Å². The van der Waals surface area contributed by atoms with Crippen LogP contribution in [0.5, 0.6) is 0 Å². The number of hydrogen-bond donors (Lipinski definition) is 0. The maximum atomic E-state index is 6.40. The van der Waals surface area contributed by atoms with E-state index in [9.17, 15) is 0 Å². The van der Waals surface area contributed by atoms with Crippen molar-refractivity contribution in [1.29, 1.82) is 0 Å². The molecule has 0 radical (unpaired) electrons. The van der Waals surface area contributed by atoms with Crippen LogP contribution in [0.25, 0.3) is 0 Å². The summed E-state index contributed by atoms with van der Waals surface area (Å²) in [6.45, 7) is 10.3. The minimum absolute atomic E-state index is 0.0664. The van der Waals surface area contributed by atoms with Crippen LogP contribution in [0.1, 0.15) is 44.2 Å². The summed E-state index contributed by atoms with van der Waals surface area (Å²) in [5.74, 6) is 1.92. The highest BCUT2D eigenvalue weighted by molar-refractivity contribution is 9.09. The van der Waals surface area contributed by atoms with E-state index in [1.807, 2.05) is 19.9 Å². The molecule has 2 rings (SSSR count). The zero-order chi connectivity index (χ0) is 14.3. The number of rotatable bonds is 2. The van der Waals surface area contributed by atoms with Crippen molar-refractivity contribution < 1.29 is 4.42 Å². The SMILES string of the molecule is Cc1cc(Cl)c(C(Br)c2c(C)oc(C)c2C)cc1C. The van der Waals surface area contributed by atoms with Gasteiger partial charge in [0.15, 0.2) is 0 Å². The van der Waals surface area contributed by atoms with E-state index < -0.39 is 0 Å². The average molecular weight is 342 g/mol. The lowest BCUT2D eigenvalue weighted by atomic mass is 9.98. The van der Waals surface area contributed by atoms with Crippen molar-refractivity contribution in [2.24, 2.45) is 0 Å². The molecule has 1 aromatic carbocycles. The van der Waals surface area contributed by atoms with E-state index >= 15 is 0 Å². The normalized spacial score (nSPS) is 12.8. The molecule has 1 nitrogen and oxygen atoms in total. The Morgan fingerprint density at radius 1 is 1.00 bits per heavy atom. The summed E-state index contributed by atoms with van der Waals surface area (Å²) in [5, 5.41) is 0.794. The van der Waals surface area contributed by atoms with Crippen molar-refractivity contribution in [2.45, 2.75) is 39.4 Å². The van der Waals surface area contributed by atoms with Crippen LogP contribution in [0.15, 0.2) is 16.5 Å². The molecule has 3 heteroatoms. The van der Waals surface area contributed by atoms with Gasteiger partial charge in [-0.15, -0.1) is 0 Å². The maximum Gasteiger partial charge on any atom is 0.106 e. The van der Waals surface area contributed by atoms with Gasteiger partial charge in [-0.1, -0.05) is 33.6 Å². The average Bonchev–Trinajstić information content (AvgIpc) is 2.57. The molecule has 0 fully saturated rings. The second-order valence-electron chi connectivity index (χ2n) is 5.07. The van der Waals surface area contributed by atoms with Crippen molar-refractivity contribution in [3.05, 3.63) is 56.5 Å². The van der Waals surface area contributed by atoms with Gasteiger partial charge in [-0.25, -0.2) is 0 Å². The Morgan fingerprint density at radius 3 is 2.11 bits per heavy atom. The van der Waals surface area contributed by atoms with Crippen molar-refractivity contribution in [2.75, 3.05) is 0 Å². The zero-order valence-corrected chi connectivity index (χ0v) is 14.2. The van der Waals surface area contributed by atoms with Gasteiger partial charge in [0.1, 0.15) is 11.5 Å². The Balaban J connectivity index is 2.56. The lowest BCUT2D eigenvalue weighted by molar-refractivity contribution is 0.500. The van der Waals surface area contributed by atoms with Crippen molar-refractivity contribution in [3.63, 3.8) is 0 Å². The standard InChI is InChI=1S/C16H18BrClO/c1-8-6-13(14(18)7-9(8)2)16(17)15-10(3)11(4)19-12(15)5/h6-7,16H,1-5H3. The molecule has 0 saturated heterocycles. The minimum Gasteiger partial charge on any atom is -0.466 e. The quantitative estimate of drug-likeness (QED) is 0.614. The van der Waals surface area contributed by atoms with Crippen LogP contribution in [0.2, 0.25) is 5.02 Å². The highest BCUT2D eigenvalue weighted by Crippen LogP contribution is 2.40. The van der Waals surface area contributed by atoms with Crippen molar-refractivity contribution in [3.8, 4) is 0 Å². The molecule has 1 atom stereocenters. The molecule has 0 aliphatic heterocycles. The van der Waals surface area contributed by atoms with E-state index in [1.54, 1.807) is 0 Å². The number of halogens is 2. The molecule has 1 heterocycles. The number of benzene rings is 1. The summed E-state index contributed by atoms with van der Waals surface area (Å²) in [6.07, 6.45) is 0. The van der Waals surface area contributed by atoms with E-state index in [0.29, 0.717) is 0 Å². The topological polar surface area (TPSA) is 13.1 Å². The summed E-state index contributed by atoms with van der Waals surface area (Å²) >= 11 is 10.2. The van der Waals surface area contributed by atoms with E-state index in [1.165, 1.54) is 22.3 Å². The first-order valence-electron chi connectivity index (χ1n) is 6.30. The lowest BCUT2D eigenvalue weighted by Gasteiger charge is -2.15. The molecule has 2 aromatic rings. The Labute approximate surface area is 128 Å². The van der Waals surface area contributed by atoms with Gasteiger partial charge < -0.3 is 4.42 Å². The van der Waals surface area contributed by atoms with E-state index in [-0.39, 0.29) is 4.83 Å². The summed E-state index contributed by atoms with van der Waals surface area (Å²) in [5.41, 5.74) is 5.93. The summed E-state index contributed by atoms with van der Waals surface area (Å²) < 4.78 is 5.71. The van der Waals surface area contributed by atoms with Crippen molar-refractivity contribution in [1.82, 2.24) is 0 Å². The highest BCUT2D eigenvalue weighted by Gasteiger charge is 2.22. The summed E-state index contributed by atoms with van der Waals surface area (Å²) in [4.78, 5) is 0.0664. The Kier molecular flexibility index (Phi) is 4.12. The number of hydrogen-bond acceptors (Lipinski definition) is 1. The van der Waals surface area contributed by atoms with Crippen LogP contribution < -0.4 is 0 Å². The first-order valence-corrected chi connectivity index (χ1v) is 7.59. The predicted molar refractivity (Wildman–Crippen MR) is 84.6 cm³/mol. The molecule has 0 N–H and O–H groups in total. The summed E-state index contributed by atoms with van der Waals surface area (Å²) in [7, 11) is 0. The molecule has 102 valence electrons. The highest BCUT2D eigenvalue weighted by atomic mass is 79.9. The smallest absolute Gasteiger partial charge is 0.106 e. The first-order chi connectivity index (χ1) is 8.82. The molecular weight excluding hydrogens is 324 g/mol. The second-order valence-corrected chi connectivity index (χ2v) is 6.40. The van der Waals surface area contributed by atoms with Gasteiger partial charge in [-0.2, -0.15) is 0 Å². The van der Waals surface area contributed by atoms with Crippen LogP contribution in [0.4, 0.5) is 0 Å². The van der Waals surface area contributed by atoms with Gasteiger partial charge >= 0.3 is 0 Å². The third kappa shape index (κ3) is 2.61. The zero-order valence-electron chi connectivity index (χ0n) is 11.9. The maximum absolute atomic E-state index is 6.40. The number of aryl methyl sites for hydroxylation is 4. The van der Waals surface area contributed by atoms with Crippen LogP contribution in [-0.2, 0) is 0 Å². The van der Waals surface area contributed by atoms with Crippen molar-refractivity contribution >= 4 is 27.5 Å². The third-order valence-corrected chi connectivity index (χ3v) is 5.04. The van der Waals surface area contributed by atoms with E-state index in [4.69, 9.17) is 16.0 Å². The number of furan rings is 1. The Hall–Kier alpha value is -0.730. The predicted octanol–water partition coefficient (Wildman–Crippen LogP) is 5.96. The molecule has 0 aliphatic rings. The fraction of sp³-hybridized carbons (Fsp3) is 0.375. The molecule has 19 heavy (non-hydrogen) atoms. The molecule has 0 bridgehead atoms. The Bertz CT molecular complexity index is 628. The van der Waals surface area contributed by atoms with E-state index in [0.717, 1.165) is 22.1 Å². The molecule has 0 saturated carbocycles. The lowest BCUT2D eigenvalue weighted by Crippen LogP contribution is -1.98. The van der Waals surface area contributed by atoms with Crippen LogP contribution in [0.3, 0.4) is 0 Å². The van der Waals surface area contributed by atoms with Gasteiger partial charge in [-0.05, 0) is 62.9 Å². The second kappa shape index (κ2) is 5.34. The van der Waals surface area contributed by atoms with Crippen LogP contribution in [0, 0.1) is 34.6 Å². The van der Waals surface area contributed by atoms with E-state index in [2.05, 4.69) is 42.8 Å². The molecule has 0 amide bonds. The largest absolute Gasteiger partial charge is 0.466 e. The molecule has 1 unspecified atom stereocenters. The third-order valence-electron chi connectivity index (χ3n) is 3.76. The van der Waals surface area contributed by atoms with Gasteiger partial charge in [0.25, 0.3) is 0 Å². The fourth-order valence-corrected chi connectivity index (χ4v) is 3.84. The van der Waals surface area contributed by atoms with Gasteiger partial charge in [-0.3, -0.25) is 0 Å². The fourth-order valence-electron chi connectivity index (χ4n) is 2.34. The first kappa shape index (κ1) is 14.7. The van der Waals surface area contributed by atoms with Gasteiger partial charge in [0.2, 0.25) is 0 Å². The Morgan fingerprint density at radius 2 is 1.58 bits per heavy atom. The summed E-state index contributed by atoms with van der Waals surface area (Å²) in [6, 6.07) is 4.18. The van der Waals surface area contributed by atoms with Gasteiger partial charge in [0, 0.05) is 10.6 Å². The molecule has 1 aromatic heterocycles. The minimum atomic E-state index is 0.0664. The molecular formula is C16H18BrClO. The molecule has 0 aliphatic carbocycles. The monoisotopic (exact) mass is 340 g/mol. The molecule has 0 spiro atoms. The number of alkyl halides is 1.